The average molecular weight is 295 g/mol. The second-order valence-corrected chi connectivity index (χ2v) is 5.72. The molecule has 3 heteroatoms. The number of hydrogen-bond acceptors (Lipinski definition) is 2. The molecule has 3 rings (SSSR count). The molecule has 0 fully saturated rings. The molecule has 0 saturated carbocycles. The first-order valence-electron chi connectivity index (χ1n) is 7.87. The number of carbonyl (C=O) groups excluding carboxylic acids is 1. The van der Waals surface area contributed by atoms with E-state index in [1.165, 1.54) is 24.0 Å². The second kappa shape index (κ2) is 6.65. The van der Waals surface area contributed by atoms with E-state index in [0.29, 0.717) is 0 Å². The number of benzene rings is 2. The molecule has 22 heavy (non-hydrogen) atoms. The molecule has 2 aromatic rings. The molecular weight excluding hydrogens is 274 g/mol. The molecule has 0 radical (unpaired) electrons. The van der Waals surface area contributed by atoms with Crippen LogP contribution in [0.25, 0.3) is 0 Å². The monoisotopic (exact) mass is 295 g/mol. The Kier molecular flexibility index (Phi) is 4.42. The lowest BCUT2D eigenvalue weighted by atomic mass is 9.91. The van der Waals surface area contributed by atoms with Crippen molar-refractivity contribution in [2.24, 2.45) is 0 Å². The van der Waals surface area contributed by atoms with E-state index in [9.17, 15) is 4.79 Å². The molecule has 0 heterocycles. The van der Waals surface area contributed by atoms with Crippen LogP contribution in [0.1, 0.15) is 30.9 Å². The summed E-state index contributed by atoms with van der Waals surface area (Å²) in [5.74, 6) is 0.729. The fourth-order valence-electron chi connectivity index (χ4n) is 2.87. The summed E-state index contributed by atoms with van der Waals surface area (Å²) in [6.45, 7) is 1.79. The van der Waals surface area contributed by atoms with Crippen molar-refractivity contribution in [1.29, 1.82) is 0 Å². The van der Waals surface area contributed by atoms with Crippen LogP contribution in [0, 0.1) is 0 Å². The van der Waals surface area contributed by atoms with Crippen molar-refractivity contribution in [1.82, 2.24) is 0 Å². The molecule has 1 atom stereocenters. The predicted octanol–water partition coefficient (Wildman–Crippen LogP) is 3.97. The van der Waals surface area contributed by atoms with Crippen molar-refractivity contribution in [2.45, 2.75) is 38.7 Å². The maximum atomic E-state index is 12.2. The topological polar surface area (TPSA) is 38.3 Å². The number of nitrogens with one attached hydrogen (secondary N) is 1. The van der Waals surface area contributed by atoms with Crippen LogP contribution in [-0.2, 0) is 17.6 Å². The Morgan fingerprint density at radius 1 is 1.05 bits per heavy atom. The molecule has 1 aliphatic carbocycles. The third kappa shape index (κ3) is 3.30. The summed E-state index contributed by atoms with van der Waals surface area (Å²) >= 11 is 0. The van der Waals surface area contributed by atoms with Gasteiger partial charge in [-0.25, -0.2) is 0 Å². The van der Waals surface area contributed by atoms with Crippen molar-refractivity contribution in [3.63, 3.8) is 0 Å². The van der Waals surface area contributed by atoms with Crippen LogP contribution < -0.4 is 10.1 Å². The van der Waals surface area contributed by atoms with Crippen LogP contribution >= 0.6 is 0 Å². The maximum absolute atomic E-state index is 12.2. The minimum absolute atomic E-state index is 0.125. The highest BCUT2D eigenvalue weighted by atomic mass is 16.5. The Bertz CT molecular complexity index is 652. The number of rotatable bonds is 4. The zero-order chi connectivity index (χ0) is 15.4. The Labute approximate surface area is 131 Å². The number of aryl methyl sites for hydroxylation is 1. The van der Waals surface area contributed by atoms with Crippen molar-refractivity contribution < 1.29 is 9.53 Å². The van der Waals surface area contributed by atoms with Gasteiger partial charge in [0.15, 0.2) is 6.10 Å². The summed E-state index contributed by atoms with van der Waals surface area (Å²) in [5.41, 5.74) is 3.42. The van der Waals surface area contributed by atoms with Crippen LogP contribution in [0.2, 0.25) is 0 Å². The Balaban J connectivity index is 1.69. The third-order valence-corrected chi connectivity index (χ3v) is 4.07. The standard InChI is InChI=1S/C19H21NO2/c1-14(19(21)20-16-10-3-2-4-11-16)22-18-13-7-9-15-8-5-6-12-17(15)18/h2-4,7,9-11,13-14H,5-6,8,12H2,1H3,(H,20,21)/t14-/m1/s1. The summed E-state index contributed by atoms with van der Waals surface area (Å²) in [5, 5.41) is 2.88. The molecule has 0 saturated heterocycles. The van der Waals surface area contributed by atoms with E-state index >= 15 is 0 Å². The molecular formula is C19H21NO2. The Hall–Kier alpha value is -2.29. The first kappa shape index (κ1) is 14.6. The van der Waals surface area contributed by atoms with Crippen molar-refractivity contribution in [2.75, 3.05) is 5.32 Å². The van der Waals surface area contributed by atoms with E-state index in [0.717, 1.165) is 24.3 Å². The molecule has 1 aliphatic rings. The SMILES string of the molecule is C[C@@H](Oc1cccc2c1CCCC2)C(=O)Nc1ccccc1. The molecule has 0 bridgehead atoms. The van der Waals surface area contributed by atoms with Crippen LogP contribution in [-0.4, -0.2) is 12.0 Å². The van der Waals surface area contributed by atoms with Gasteiger partial charge < -0.3 is 10.1 Å². The van der Waals surface area contributed by atoms with Gasteiger partial charge in [0.05, 0.1) is 0 Å². The van der Waals surface area contributed by atoms with Gasteiger partial charge in [0.1, 0.15) is 5.75 Å². The van der Waals surface area contributed by atoms with Gasteiger partial charge in [-0.1, -0.05) is 30.3 Å². The summed E-state index contributed by atoms with van der Waals surface area (Å²) < 4.78 is 5.93. The smallest absolute Gasteiger partial charge is 0.265 e. The van der Waals surface area contributed by atoms with Crippen LogP contribution in [0.4, 0.5) is 5.69 Å². The number of hydrogen-bond donors (Lipinski definition) is 1. The van der Waals surface area contributed by atoms with Crippen LogP contribution in [0.5, 0.6) is 5.75 Å². The van der Waals surface area contributed by atoms with E-state index in [-0.39, 0.29) is 5.91 Å². The van der Waals surface area contributed by atoms with Gasteiger partial charge in [0.25, 0.3) is 5.91 Å². The summed E-state index contributed by atoms with van der Waals surface area (Å²) in [7, 11) is 0. The minimum Gasteiger partial charge on any atom is -0.481 e. The lowest BCUT2D eigenvalue weighted by molar-refractivity contribution is -0.122. The first-order chi connectivity index (χ1) is 10.7. The van der Waals surface area contributed by atoms with E-state index in [4.69, 9.17) is 4.74 Å². The lowest BCUT2D eigenvalue weighted by Crippen LogP contribution is -2.30. The zero-order valence-electron chi connectivity index (χ0n) is 12.8. The van der Waals surface area contributed by atoms with Gasteiger partial charge in [0, 0.05) is 5.69 Å². The highest BCUT2D eigenvalue weighted by molar-refractivity contribution is 5.94. The number of ether oxygens (including phenoxy) is 1. The number of amides is 1. The van der Waals surface area contributed by atoms with E-state index in [1.54, 1.807) is 6.92 Å². The van der Waals surface area contributed by atoms with Crippen LogP contribution in [0.15, 0.2) is 48.5 Å². The number of carbonyl (C=O) groups is 1. The molecule has 0 aromatic heterocycles. The average Bonchev–Trinajstić information content (AvgIpc) is 2.56. The van der Waals surface area contributed by atoms with E-state index in [2.05, 4.69) is 11.4 Å². The Morgan fingerprint density at radius 3 is 2.64 bits per heavy atom. The first-order valence-corrected chi connectivity index (χ1v) is 7.87. The van der Waals surface area contributed by atoms with Gasteiger partial charge in [-0.05, 0) is 61.9 Å². The molecule has 114 valence electrons. The summed E-state index contributed by atoms with van der Waals surface area (Å²) in [6, 6.07) is 15.6. The fourth-order valence-corrected chi connectivity index (χ4v) is 2.87. The maximum Gasteiger partial charge on any atom is 0.265 e. The van der Waals surface area contributed by atoms with Crippen molar-refractivity contribution in [3.05, 3.63) is 59.7 Å². The molecule has 2 aromatic carbocycles. The largest absolute Gasteiger partial charge is 0.481 e. The number of anilines is 1. The van der Waals surface area contributed by atoms with Crippen molar-refractivity contribution >= 4 is 11.6 Å². The molecule has 0 unspecified atom stereocenters. The molecule has 0 spiro atoms. The van der Waals surface area contributed by atoms with Crippen molar-refractivity contribution in [3.8, 4) is 5.75 Å². The minimum atomic E-state index is -0.520. The number of para-hydroxylation sites is 1. The molecule has 1 amide bonds. The molecule has 0 aliphatic heterocycles. The normalized spacial score (nSPS) is 14.8. The predicted molar refractivity (Wildman–Crippen MR) is 88.2 cm³/mol. The van der Waals surface area contributed by atoms with E-state index in [1.807, 2.05) is 42.5 Å². The third-order valence-electron chi connectivity index (χ3n) is 4.07. The Morgan fingerprint density at radius 2 is 1.82 bits per heavy atom. The van der Waals surface area contributed by atoms with Gasteiger partial charge in [-0.2, -0.15) is 0 Å². The second-order valence-electron chi connectivity index (χ2n) is 5.72. The van der Waals surface area contributed by atoms with Crippen LogP contribution in [0.3, 0.4) is 0 Å². The van der Waals surface area contributed by atoms with E-state index < -0.39 is 6.10 Å². The van der Waals surface area contributed by atoms with Gasteiger partial charge in [-0.15, -0.1) is 0 Å². The van der Waals surface area contributed by atoms with Gasteiger partial charge in [0.2, 0.25) is 0 Å². The highest BCUT2D eigenvalue weighted by Gasteiger charge is 2.19. The zero-order valence-corrected chi connectivity index (χ0v) is 12.8. The number of fused-ring (bicyclic) bond motifs is 1. The molecule has 3 nitrogen and oxygen atoms in total. The summed E-state index contributed by atoms with van der Waals surface area (Å²) in [4.78, 5) is 12.2. The van der Waals surface area contributed by atoms with Gasteiger partial charge in [-0.3, -0.25) is 4.79 Å². The quantitative estimate of drug-likeness (QED) is 0.926. The highest BCUT2D eigenvalue weighted by Crippen LogP contribution is 2.30. The molecule has 1 N–H and O–H groups in total. The summed E-state index contributed by atoms with van der Waals surface area (Å²) in [6.07, 6.45) is 4.06. The lowest BCUT2D eigenvalue weighted by Gasteiger charge is -2.22. The fraction of sp³-hybridized carbons (Fsp3) is 0.316. The van der Waals surface area contributed by atoms with Gasteiger partial charge >= 0.3 is 0 Å².